The number of ether oxygens (including phenoxy) is 2. The molecular formula is C40H75NO4. The lowest BCUT2D eigenvalue weighted by molar-refractivity contribution is -0.143. The molecule has 0 atom stereocenters. The van der Waals surface area contributed by atoms with Crippen molar-refractivity contribution in [2.24, 2.45) is 0 Å². The van der Waals surface area contributed by atoms with E-state index in [1.807, 2.05) is 12.2 Å². The molecule has 5 heteroatoms. The lowest BCUT2D eigenvalue weighted by Gasteiger charge is -2.36. The molecule has 5 nitrogen and oxygen atoms in total. The zero-order valence-corrected chi connectivity index (χ0v) is 30.7. The van der Waals surface area contributed by atoms with Crippen LogP contribution in [0, 0.1) is 0 Å². The molecule has 0 aliphatic rings. The van der Waals surface area contributed by atoms with Gasteiger partial charge in [0, 0.05) is 18.4 Å². The number of hydrogen-bond acceptors (Lipinski definition) is 5. The SMILES string of the molecule is CCCCCCC/C=C\COC(=O)CCCCCCCN(CCCCCCCC(=O)OC/C=C\CCCCCCC)C(C)(C)C. The Balaban J connectivity index is 3.74. The number of rotatable bonds is 32. The second-order valence-electron chi connectivity index (χ2n) is 13.9. The Hall–Kier alpha value is -1.62. The van der Waals surface area contributed by atoms with Crippen molar-refractivity contribution in [3.05, 3.63) is 24.3 Å². The Morgan fingerprint density at radius 1 is 0.489 bits per heavy atom. The molecule has 0 amide bonds. The van der Waals surface area contributed by atoms with Crippen LogP contribution in [0.1, 0.15) is 189 Å². The molecule has 0 saturated heterocycles. The van der Waals surface area contributed by atoms with Gasteiger partial charge in [-0.2, -0.15) is 0 Å². The van der Waals surface area contributed by atoms with Gasteiger partial charge in [0.1, 0.15) is 13.2 Å². The molecule has 264 valence electrons. The van der Waals surface area contributed by atoms with Gasteiger partial charge in [-0.3, -0.25) is 14.5 Å². The molecule has 0 aromatic carbocycles. The Bertz CT molecular complexity index is 670. The zero-order chi connectivity index (χ0) is 33.3. The fraction of sp³-hybridized carbons (Fsp3) is 0.850. The van der Waals surface area contributed by atoms with E-state index in [-0.39, 0.29) is 17.5 Å². The second-order valence-corrected chi connectivity index (χ2v) is 13.9. The Labute approximate surface area is 280 Å². The minimum Gasteiger partial charge on any atom is -0.461 e. The summed E-state index contributed by atoms with van der Waals surface area (Å²) in [6.45, 7) is 14.5. The van der Waals surface area contributed by atoms with Gasteiger partial charge in [-0.15, -0.1) is 0 Å². The van der Waals surface area contributed by atoms with Gasteiger partial charge in [0.15, 0.2) is 0 Å². The molecule has 0 unspecified atom stereocenters. The molecule has 45 heavy (non-hydrogen) atoms. The van der Waals surface area contributed by atoms with Gasteiger partial charge in [0.25, 0.3) is 0 Å². The molecule has 0 heterocycles. The normalized spacial score (nSPS) is 12.1. The zero-order valence-electron chi connectivity index (χ0n) is 30.7. The molecule has 0 bridgehead atoms. The summed E-state index contributed by atoms with van der Waals surface area (Å²) in [5, 5.41) is 0. The van der Waals surface area contributed by atoms with Gasteiger partial charge in [-0.05, 0) is 85.2 Å². The van der Waals surface area contributed by atoms with Crippen LogP contribution in [0.25, 0.3) is 0 Å². The smallest absolute Gasteiger partial charge is 0.306 e. The van der Waals surface area contributed by atoms with E-state index in [0.29, 0.717) is 26.1 Å². The molecule has 0 aliphatic carbocycles. The topological polar surface area (TPSA) is 55.8 Å². The summed E-state index contributed by atoms with van der Waals surface area (Å²) in [7, 11) is 0. The highest BCUT2D eigenvalue weighted by Crippen LogP contribution is 2.17. The number of unbranched alkanes of at least 4 members (excludes halogenated alkanes) is 18. The van der Waals surface area contributed by atoms with Crippen molar-refractivity contribution in [2.75, 3.05) is 26.3 Å². The predicted molar refractivity (Wildman–Crippen MR) is 194 cm³/mol. The summed E-state index contributed by atoms with van der Waals surface area (Å²) in [5.74, 6) is -0.124. The first kappa shape index (κ1) is 43.4. The number of hydrogen-bond donors (Lipinski definition) is 0. The van der Waals surface area contributed by atoms with E-state index in [1.54, 1.807) is 0 Å². The van der Waals surface area contributed by atoms with Crippen molar-refractivity contribution in [1.29, 1.82) is 0 Å². The number of carbonyl (C=O) groups excluding carboxylic acids is 2. The Morgan fingerprint density at radius 2 is 0.844 bits per heavy atom. The van der Waals surface area contributed by atoms with Gasteiger partial charge >= 0.3 is 11.9 Å². The highest BCUT2D eigenvalue weighted by atomic mass is 16.5. The van der Waals surface area contributed by atoms with Crippen LogP contribution in [-0.2, 0) is 19.1 Å². The van der Waals surface area contributed by atoms with Crippen LogP contribution >= 0.6 is 0 Å². The summed E-state index contributed by atoms with van der Waals surface area (Å²) in [4.78, 5) is 26.5. The third-order valence-corrected chi connectivity index (χ3v) is 8.53. The van der Waals surface area contributed by atoms with Crippen LogP contribution in [0.15, 0.2) is 24.3 Å². The van der Waals surface area contributed by atoms with Crippen LogP contribution in [0.2, 0.25) is 0 Å². The quantitative estimate of drug-likeness (QED) is 0.0419. The first-order chi connectivity index (χ1) is 21.8. The van der Waals surface area contributed by atoms with Crippen molar-refractivity contribution >= 4 is 11.9 Å². The standard InChI is InChI=1S/C40H75NO4/c1-6-8-10-12-14-16-24-30-36-44-38(42)32-26-20-18-22-28-34-41(40(3,4)5)35-29-23-19-21-27-33-39(43)45-37-31-25-17-15-13-11-9-7-2/h24-25,30-31H,6-23,26-29,32-37H2,1-5H3/b30-24-,31-25-. The van der Waals surface area contributed by atoms with E-state index in [2.05, 4.69) is 51.7 Å². The van der Waals surface area contributed by atoms with Gasteiger partial charge in [0.2, 0.25) is 0 Å². The van der Waals surface area contributed by atoms with Gasteiger partial charge in [-0.25, -0.2) is 0 Å². The van der Waals surface area contributed by atoms with Crippen molar-refractivity contribution in [1.82, 2.24) is 4.90 Å². The van der Waals surface area contributed by atoms with Gasteiger partial charge in [0.05, 0.1) is 0 Å². The summed E-state index contributed by atoms with van der Waals surface area (Å²) in [6, 6.07) is 0. The molecule has 0 rings (SSSR count). The molecule has 0 aliphatic heterocycles. The number of carbonyl (C=O) groups is 2. The first-order valence-corrected chi connectivity index (χ1v) is 19.2. The van der Waals surface area contributed by atoms with Crippen LogP contribution in [-0.4, -0.2) is 48.7 Å². The van der Waals surface area contributed by atoms with Crippen LogP contribution in [0.4, 0.5) is 0 Å². The van der Waals surface area contributed by atoms with Crippen LogP contribution < -0.4 is 0 Å². The summed E-state index contributed by atoms with van der Waals surface area (Å²) < 4.78 is 10.7. The largest absolute Gasteiger partial charge is 0.461 e. The summed E-state index contributed by atoms with van der Waals surface area (Å²) in [5.41, 5.74) is 0.181. The van der Waals surface area contributed by atoms with Gasteiger partial charge in [-0.1, -0.05) is 128 Å². The maximum atomic E-state index is 12.0. The molecule has 0 fully saturated rings. The van der Waals surface area contributed by atoms with E-state index < -0.39 is 0 Å². The van der Waals surface area contributed by atoms with Crippen molar-refractivity contribution in [2.45, 2.75) is 194 Å². The Kier molecular flexibility index (Phi) is 31.2. The first-order valence-electron chi connectivity index (χ1n) is 19.2. The van der Waals surface area contributed by atoms with E-state index in [9.17, 15) is 9.59 Å². The molecule has 0 saturated carbocycles. The number of allylic oxidation sites excluding steroid dienone is 2. The maximum absolute atomic E-state index is 12.0. The van der Waals surface area contributed by atoms with Crippen molar-refractivity contribution < 1.29 is 19.1 Å². The van der Waals surface area contributed by atoms with E-state index in [1.165, 1.54) is 103 Å². The molecular weight excluding hydrogens is 558 g/mol. The molecule has 0 spiro atoms. The van der Waals surface area contributed by atoms with E-state index in [0.717, 1.165) is 51.6 Å². The monoisotopic (exact) mass is 634 g/mol. The summed E-state index contributed by atoms with van der Waals surface area (Å²) in [6.07, 6.45) is 35.8. The maximum Gasteiger partial charge on any atom is 0.306 e. The minimum atomic E-state index is -0.0621. The van der Waals surface area contributed by atoms with E-state index in [4.69, 9.17) is 9.47 Å². The third kappa shape index (κ3) is 32.1. The minimum absolute atomic E-state index is 0.0621. The predicted octanol–water partition coefficient (Wildman–Crippen LogP) is 11.7. The number of nitrogens with zero attached hydrogens (tertiary/aromatic N) is 1. The third-order valence-electron chi connectivity index (χ3n) is 8.53. The molecule has 0 radical (unpaired) electrons. The molecule has 0 N–H and O–H groups in total. The van der Waals surface area contributed by atoms with Gasteiger partial charge < -0.3 is 9.47 Å². The fourth-order valence-corrected chi connectivity index (χ4v) is 5.52. The van der Waals surface area contributed by atoms with Crippen LogP contribution in [0.5, 0.6) is 0 Å². The highest BCUT2D eigenvalue weighted by Gasteiger charge is 2.20. The van der Waals surface area contributed by atoms with Crippen molar-refractivity contribution in [3.8, 4) is 0 Å². The fourth-order valence-electron chi connectivity index (χ4n) is 5.52. The number of esters is 2. The highest BCUT2D eigenvalue weighted by molar-refractivity contribution is 5.69. The molecule has 0 aromatic heterocycles. The lowest BCUT2D eigenvalue weighted by Crippen LogP contribution is -2.42. The lowest BCUT2D eigenvalue weighted by atomic mass is 10.0. The van der Waals surface area contributed by atoms with E-state index >= 15 is 0 Å². The Morgan fingerprint density at radius 3 is 1.24 bits per heavy atom. The second kappa shape index (κ2) is 32.3. The summed E-state index contributed by atoms with van der Waals surface area (Å²) >= 11 is 0. The average Bonchev–Trinajstić information content (AvgIpc) is 3.00. The van der Waals surface area contributed by atoms with Crippen LogP contribution in [0.3, 0.4) is 0 Å². The average molecular weight is 634 g/mol. The molecule has 0 aromatic rings. The van der Waals surface area contributed by atoms with Crippen molar-refractivity contribution in [3.63, 3.8) is 0 Å².